The zero-order valence-corrected chi connectivity index (χ0v) is 19.4. The molecule has 8 heteroatoms. The normalized spacial score (nSPS) is 23.9. The third-order valence-corrected chi connectivity index (χ3v) is 7.19. The van der Waals surface area contributed by atoms with E-state index in [2.05, 4.69) is 27.7 Å². The molecule has 2 heterocycles. The van der Waals surface area contributed by atoms with Crippen molar-refractivity contribution in [2.75, 3.05) is 56.2 Å². The minimum absolute atomic E-state index is 0.0688. The van der Waals surface area contributed by atoms with Gasteiger partial charge in [0, 0.05) is 57.4 Å². The topological polar surface area (TPSA) is 73.9 Å². The molecule has 0 spiro atoms. The smallest absolute Gasteiger partial charge is 0.251 e. The second-order valence-electron chi connectivity index (χ2n) is 9.54. The number of benzene rings is 2. The maximum absolute atomic E-state index is 14.6. The fourth-order valence-electron chi connectivity index (χ4n) is 5.35. The van der Waals surface area contributed by atoms with Crippen LogP contribution < -0.4 is 15.5 Å². The minimum atomic E-state index is -0.362. The van der Waals surface area contributed by atoms with Crippen LogP contribution in [0.1, 0.15) is 22.8 Å². The summed E-state index contributed by atoms with van der Waals surface area (Å²) in [5.74, 6) is 1.08. The Hall–Kier alpha value is -2.97. The third kappa shape index (κ3) is 5.08. The van der Waals surface area contributed by atoms with Crippen molar-refractivity contribution in [3.63, 3.8) is 0 Å². The van der Waals surface area contributed by atoms with Gasteiger partial charge in [-0.15, -0.1) is 0 Å². The van der Waals surface area contributed by atoms with Crippen LogP contribution in [0.15, 0.2) is 42.5 Å². The number of nitrogens with zero attached hydrogens (tertiary/aromatic N) is 2. The molecule has 2 N–H and O–H groups in total. The summed E-state index contributed by atoms with van der Waals surface area (Å²) >= 11 is 0. The predicted octanol–water partition coefficient (Wildman–Crippen LogP) is 2.73. The standard InChI is InChI=1S/C26H31FN4O3/c1-17(32)29-20-5-2-18(3-6-20)14-30-15-22-21(23(22)16-30)13-28-26(33)19-4-7-25(24(27)12-19)31-8-10-34-11-9-31/h2-7,12,21-23H,8-11,13-16H2,1H3,(H,28,33)(H,29,32). The molecule has 2 unspecified atom stereocenters. The molecule has 0 radical (unpaired) electrons. The Balaban J connectivity index is 1.06. The number of halogens is 1. The number of morpholine rings is 1. The molecular formula is C26H31FN4O3. The van der Waals surface area contributed by atoms with Crippen molar-refractivity contribution < 1.29 is 18.7 Å². The van der Waals surface area contributed by atoms with Gasteiger partial charge in [0.15, 0.2) is 0 Å². The van der Waals surface area contributed by atoms with Crippen molar-refractivity contribution in [3.05, 3.63) is 59.4 Å². The molecule has 7 nitrogen and oxygen atoms in total. The van der Waals surface area contributed by atoms with E-state index in [1.165, 1.54) is 18.6 Å². The van der Waals surface area contributed by atoms with Crippen LogP contribution in [0, 0.1) is 23.6 Å². The monoisotopic (exact) mass is 466 g/mol. The fraction of sp³-hybridized carbons (Fsp3) is 0.462. The summed E-state index contributed by atoms with van der Waals surface area (Å²) in [6, 6.07) is 12.7. The van der Waals surface area contributed by atoms with E-state index in [-0.39, 0.29) is 17.6 Å². The number of fused-ring (bicyclic) bond motifs is 1. The van der Waals surface area contributed by atoms with Crippen molar-refractivity contribution in [1.82, 2.24) is 10.2 Å². The van der Waals surface area contributed by atoms with Gasteiger partial charge in [-0.3, -0.25) is 14.5 Å². The van der Waals surface area contributed by atoms with Gasteiger partial charge < -0.3 is 20.3 Å². The van der Waals surface area contributed by atoms with Crippen LogP contribution in [0.4, 0.5) is 15.8 Å². The highest BCUT2D eigenvalue weighted by molar-refractivity contribution is 5.94. The predicted molar refractivity (Wildman–Crippen MR) is 128 cm³/mol. The number of rotatable bonds is 7. The molecule has 1 aliphatic carbocycles. The quantitative estimate of drug-likeness (QED) is 0.657. The lowest BCUT2D eigenvalue weighted by Gasteiger charge is -2.29. The summed E-state index contributed by atoms with van der Waals surface area (Å²) in [5, 5.41) is 5.80. The molecule has 2 atom stereocenters. The number of hydrogen-bond donors (Lipinski definition) is 2. The first-order chi connectivity index (χ1) is 16.5. The number of piperidine rings is 1. The lowest BCUT2D eigenvalue weighted by molar-refractivity contribution is -0.114. The van der Waals surface area contributed by atoms with Crippen molar-refractivity contribution in [2.45, 2.75) is 13.5 Å². The lowest BCUT2D eigenvalue weighted by Crippen LogP contribution is -2.36. The summed E-state index contributed by atoms with van der Waals surface area (Å²) < 4.78 is 19.9. The molecule has 0 bridgehead atoms. The van der Waals surface area contributed by atoms with Gasteiger partial charge in [0.05, 0.1) is 18.9 Å². The molecule has 2 aliphatic heterocycles. The van der Waals surface area contributed by atoms with Crippen LogP contribution in [0.2, 0.25) is 0 Å². The van der Waals surface area contributed by atoms with Crippen molar-refractivity contribution in [2.24, 2.45) is 17.8 Å². The van der Waals surface area contributed by atoms with E-state index in [1.54, 1.807) is 12.1 Å². The van der Waals surface area contributed by atoms with Crippen LogP contribution in [-0.4, -0.2) is 62.7 Å². The molecule has 34 heavy (non-hydrogen) atoms. The summed E-state index contributed by atoms with van der Waals surface area (Å²) in [6.45, 7) is 7.59. The summed E-state index contributed by atoms with van der Waals surface area (Å²) in [7, 11) is 0. The van der Waals surface area contributed by atoms with Gasteiger partial charge in [0.2, 0.25) is 5.91 Å². The van der Waals surface area contributed by atoms with Gasteiger partial charge in [-0.05, 0) is 53.6 Å². The Morgan fingerprint density at radius 1 is 1.06 bits per heavy atom. The van der Waals surface area contributed by atoms with Crippen LogP contribution in [0.3, 0.4) is 0 Å². The molecule has 2 aromatic carbocycles. The van der Waals surface area contributed by atoms with Gasteiger partial charge in [-0.1, -0.05) is 12.1 Å². The van der Waals surface area contributed by atoms with Gasteiger partial charge in [0.25, 0.3) is 5.91 Å². The SMILES string of the molecule is CC(=O)Nc1ccc(CN2CC3C(CNC(=O)c4ccc(N5CCOCC5)c(F)c4)C3C2)cc1. The highest BCUT2D eigenvalue weighted by atomic mass is 19.1. The Morgan fingerprint density at radius 3 is 2.41 bits per heavy atom. The highest BCUT2D eigenvalue weighted by Gasteiger charge is 2.55. The first-order valence-electron chi connectivity index (χ1n) is 12.0. The highest BCUT2D eigenvalue weighted by Crippen LogP contribution is 2.51. The third-order valence-electron chi connectivity index (χ3n) is 7.19. The average Bonchev–Trinajstić information content (AvgIpc) is 3.29. The zero-order valence-electron chi connectivity index (χ0n) is 19.4. The van der Waals surface area contributed by atoms with Crippen molar-refractivity contribution in [1.29, 1.82) is 0 Å². The number of carbonyl (C=O) groups is 2. The van der Waals surface area contributed by atoms with E-state index >= 15 is 0 Å². The minimum Gasteiger partial charge on any atom is -0.378 e. The number of ether oxygens (including phenoxy) is 1. The fourth-order valence-corrected chi connectivity index (χ4v) is 5.35. The Labute approximate surface area is 199 Å². The molecule has 1 saturated carbocycles. The van der Waals surface area contributed by atoms with Gasteiger partial charge in [-0.25, -0.2) is 4.39 Å². The number of amides is 2. The Kier molecular flexibility index (Phi) is 6.52. The van der Waals surface area contributed by atoms with Crippen molar-refractivity contribution >= 4 is 23.2 Å². The maximum atomic E-state index is 14.6. The number of hydrogen-bond acceptors (Lipinski definition) is 5. The van der Waals surface area contributed by atoms with Gasteiger partial charge in [0.1, 0.15) is 5.82 Å². The van der Waals surface area contributed by atoms with E-state index < -0.39 is 0 Å². The number of likely N-dealkylation sites (tertiary alicyclic amines) is 1. The zero-order chi connectivity index (χ0) is 23.7. The summed E-state index contributed by atoms with van der Waals surface area (Å²) in [5.41, 5.74) is 2.93. The Morgan fingerprint density at radius 2 is 1.76 bits per heavy atom. The summed E-state index contributed by atoms with van der Waals surface area (Å²) in [6.07, 6.45) is 0. The van der Waals surface area contributed by atoms with Gasteiger partial charge >= 0.3 is 0 Å². The van der Waals surface area contributed by atoms with Crippen LogP contribution in [-0.2, 0) is 16.1 Å². The number of carbonyl (C=O) groups excluding carboxylic acids is 2. The molecule has 2 aromatic rings. The largest absolute Gasteiger partial charge is 0.378 e. The molecule has 0 aromatic heterocycles. The maximum Gasteiger partial charge on any atom is 0.251 e. The van der Waals surface area contributed by atoms with Crippen LogP contribution in [0.5, 0.6) is 0 Å². The first-order valence-corrected chi connectivity index (χ1v) is 12.0. The van der Waals surface area contributed by atoms with E-state index in [0.717, 1.165) is 25.3 Å². The first kappa shape index (κ1) is 22.8. The lowest BCUT2D eigenvalue weighted by atomic mass is 10.1. The second kappa shape index (κ2) is 9.72. The van der Waals surface area contributed by atoms with Crippen LogP contribution >= 0.6 is 0 Å². The molecule has 2 amide bonds. The van der Waals surface area contributed by atoms with E-state index in [9.17, 15) is 14.0 Å². The molecule has 180 valence electrons. The molecule has 3 aliphatic rings. The molecule has 5 rings (SSSR count). The number of anilines is 2. The number of nitrogens with one attached hydrogen (secondary N) is 2. The second-order valence-corrected chi connectivity index (χ2v) is 9.54. The van der Waals surface area contributed by atoms with E-state index in [4.69, 9.17) is 4.74 Å². The van der Waals surface area contributed by atoms with E-state index in [0.29, 0.717) is 61.9 Å². The Bertz CT molecular complexity index is 1040. The van der Waals surface area contributed by atoms with E-state index in [1.807, 2.05) is 17.0 Å². The summed E-state index contributed by atoms with van der Waals surface area (Å²) in [4.78, 5) is 28.1. The average molecular weight is 467 g/mol. The van der Waals surface area contributed by atoms with Gasteiger partial charge in [-0.2, -0.15) is 0 Å². The van der Waals surface area contributed by atoms with Crippen molar-refractivity contribution in [3.8, 4) is 0 Å². The molecule has 2 saturated heterocycles. The molecule has 3 fully saturated rings. The molecular weight excluding hydrogens is 435 g/mol. The van der Waals surface area contributed by atoms with Crippen LogP contribution in [0.25, 0.3) is 0 Å².